The van der Waals surface area contributed by atoms with Crippen molar-refractivity contribution < 1.29 is 9.18 Å². The molecule has 0 spiro atoms. The monoisotopic (exact) mass is 178 g/mol. The fourth-order valence-electron chi connectivity index (χ4n) is 1.23. The molecule has 66 valence electrons. The smallest absolute Gasteiger partial charge is 0.265 e. The number of nitrogens with one attached hydrogen (secondary N) is 1. The molecule has 4 heteroatoms. The highest BCUT2D eigenvalue weighted by molar-refractivity contribution is 5.96. The molecule has 0 bridgehead atoms. The van der Waals surface area contributed by atoms with Crippen LogP contribution in [-0.4, -0.2) is 10.9 Å². The second-order valence-corrected chi connectivity index (χ2v) is 2.78. The number of aromatic amines is 1. The van der Waals surface area contributed by atoms with Gasteiger partial charge in [0.1, 0.15) is 11.5 Å². The van der Waals surface area contributed by atoms with Crippen molar-refractivity contribution in [3.05, 3.63) is 35.8 Å². The second kappa shape index (κ2) is 2.58. The molecular weight excluding hydrogens is 171 g/mol. The number of fused-ring (bicyclic) bond motifs is 1. The molecule has 1 aromatic heterocycles. The molecule has 2 rings (SSSR count). The quantitative estimate of drug-likeness (QED) is 0.681. The molecular formula is C9H7FN2O. The Bertz CT molecular complexity index is 475. The zero-order valence-electron chi connectivity index (χ0n) is 6.67. The van der Waals surface area contributed by atoms with Gasteiger partial charge in [-0.15, -0.1) is 0 Å². The molecule has 1 aromatic carbocycles. The van der Waals surface area contributed by atoms with Crippen molar-refractivity contribution in [2.75, 3.05) is 0 Å². The van der Waals surface area contributed by atoms with Crippen LogP contribution in [0.3, 0.4) is 0 Å². The summed E-state index contributed by atoms with van der Waals surface area (Å²) in [5.41, 5.74) is 5.92. The predicted molar refractivity (Wildman–Crippen MR) is 46.8 cm³/mol. The van der Waals surface area contributed by atoms with Crippen LogP contribution in [0.1, 0.15) is 10.5 Å². The van der Waals surface area contributed by atoms with Crippen LogP contribution < -0.4 is 5.73 Å². The first kappa shape index (κ1) is 7.79. The highest BCUT2D eigenvalue weighted by Gasteiger charge is 2.05. The van der Waals surface area contributed by atoms with Gasteiger partial charge in [0.15, 0.2) is 0 Å². The third-order valence-electron chi connectivity index (χ3n) is 1.85. The van der Waals surface area contributed by atoms with Gasteiger partial charge >= 0.3 is 0 Å². The molecule has 3 nitrogen and oxygen atoms in total. The van der Waals surface area contributed by atoms with Gasteiger partial charge in [-0.25, -0.2) is 4.39 Å². The Morgan fingerprint density at radius 3 is 2.85 bits per heavy atom. The number of hydrogen-bond acceptors (Lipinski definition) is 1. The lowest BCUT2D eigenvalue weighted by Crippen LogP contribution is -2.10. The van der Waals surface area contributed by atoms with E-state index >= 15 is 0 Å². The Balaban J connectivity index is 2.68. The van der Waals surface area contributed by atoms with Crippen molar-refractivity contribution in [3.8, 4) is 0 Å². The zero-order valence-corrected chi connectivity index (χ0v) is 6.67. The summed E-state index contributed by atoms with van der Waals surface area (Å²) in [6, 6.07) is 5.84. The van der Waals surface area contributed by atoms with Gasteiger partial charge in [0.05, 0.1) is 0 Å². The van der Waals surface area contributed by atoms with E-state index in [4.69, 9.17) is 5.73 Å². The van der Waals surface area contributed by atoms with Crippen LogP contribution in [0.2, 0.25) is 0 Å². The van der Waals surface area contributed by atoms with E-state index in [2.05, 4.69) is 4.98 Å². The fourth-order valence-corrected chi connectivity index (χ4v) is 1.23. The van der Waals surface area contributed by atoms with Crippen LogP contribution in [-0.2, 0) is 0 Å². The third-order valence-corrected chi connectivity index (χ3v) is 1.85. The third kappa shape index (κ3) is 1.26. The van der Waals surface area contributed by atoms with Gasteiger partial charge in [0.25, 0.3) is 5.91 Å². The maximum absolute atomic E-state index is 12.7. The fraction of sp³-hybridized carbons (Fsp3) is 0. The highest BCUT2D eigenvalue weighted by Crippen LogP contribution is 2.15. The van der Waals surface area contributed by atoms with Crippen LogP contribution in [0.15, 0.2) is 24.3 Å². The molecule has 0 radical (unpaired) electrons. The largest absolute Gasteiger partial charge is 0.364 e. The number of carbonyl (C=O) groups is 1. The number of aromatic nitrogens is 1. The molecule has 0 aliphatic carbocycles. The molecule has 0 atom stereocenters. The van der Waals surface area contributed by atoms with Crippen LogP contribution in [0.25, 0.3) is 10.9 Å². The standard InChI is InChI=1S/C9H7FN2O/c10-6-2-1-5-3-8(9(11)13)12-7(5)4-6/h1-4,12H,(H2,11,13). The molecule has 1 heterocycles. The molecule has 0 saturated carbocycles. The maximum Gasteiger partial charge on any atom is 0.265 e. The van der Waals surface area contributed by atoms with Crippen molar-refractivity contribution >= 4 is 16.8 Å². The summed E-state index contributed by atoms with van der Waals surface area (Å²) >= 11 is 0. The Morgan fingerprint density at radius 2 is 2.15 bits per heavy atom. The number of hydrogen-bond donors (Lipinski definition) is 2. The van der Waals surface area contributed by atoms with E-state index in [1.54, 1.807) is 12.1 Å². The lowest BCUT2D eigenvalue weighted by Gasteiger charge is -1.88. The molecule has 2 aromatic rings. The summed E-state index contributed by atoms with van der Waals surface area (Å²) in [5.74, 6) is -0.887. The molecule has 0 aliphatic rings. The molecule has 0 saturated heterocycles. The highest BCUT2D eigenvalue weighted by atomic mass is 19.1. The van der Waals surface area contributed by atoms with Gasteiger partial charge in [-0.3, -0.25) is 4.79 Å². The summed E-state index contributed by atoms with van der Waals surface area (Å²) in [5, 5.41) is 0.773. The average Bonchev–Trinajstić information content (AvgIpc) is 2.46. The normalized spacial score (nSPS) is 10.5. The first-order chi connectivity index (χ1) is 6.16. The first-order valence-electron chi connectivity index (χ1n) is 3.75. The van der Waals surface area contributed by atoms with Crippen molar-refractivity contribution in [1.29, 1.82) is 0 Å². The number of amides is 1. The van der Waals surface area contributed by atoms with E-state index in [9.17, 15) is 9.18 Å². The Labute approximate surface area is 73.4 Å². The Kier molecular flexibility index (Phi) is 1.55. The Hall–Kier alpha value is -1.84. The van der Waals surface area contributed by atoms with E-state index < -0.39 is 5.91 Å². The minimum absolute atomic E-state index is 0.292. The number of primary amides is 1. The van der Waals surface area contributed by atoms with Gasteiger partial charge in [0.2, 0.25) is 0 Å². The lowest BCUT2D eigenvalue weighted by molar-refractivity contribution is 0.0996. The van der Waals surface area contributed by atoms with Gasteiger partial charge in [-0.2, -0.15) is 0 Å². The molecule has 0 fully saturated rings. The van der Waals surface area contributed by atoms with Crippen LogP contribution in [0, 0.1) is 5.82 Å². The summed E-state index contributed by atoms with van der Waals surface area (Å²) in [7, 11) is 0. The summed E-state index contributed by atoms with van der Waals surface area (Å²) in [4.78, 5) is 13.5. The van der Waals surface area contributed by atoms with Crippen LogP contribution in [0.4, 0.5) is 4.39 Å². The topological polar surface area (TPSA) is 58.9 Å². The maximum atomic E-state index is 12.7. The molecule has 1 amide bonds. The number of benzene rings is 1. The number of carbonyl (C=O) groups excluding carboxylic acids is 1. The van der Waals surface area contributed by atoms with Gasteiger partial charge in [-0.05, 0) is 24.3 Å². The summed E-state index contributed by atoms with van der Waals surface area (Å²) in [6.45, 7) is 0. The lowest BCUT2D eigenvalue weighted by atomic mass is 10.2. The molecule has 0 unspecified atom stereocenters. The first-order valence-corrected chi connectivity index (χ1v) is 3.75. The average molecular weight is 178 g/mol. The van der Waals surface area contributed by atoms with Crippen LogP contribution in [0.5, 0.6) is 0 Å². The van der Waals surface area contributed by atoms with Crippen molar-refractivity contribution in [2.45, 2.75) is 0 Å². The van der Waals surface area contributed by atoms with E-state index in [1.807, 2.05) is 0 Å². The van der Waals surface area contributed by atoms with E-state index in [0.717, 1.165) is 5.39 Å². The number of nitrogens with two attached hydrogens (primary N) is 1. The van der Waals surface area contributed by atoms with E-state index in [-0.39, 0.29) is 5.82 Å². The van der Waals surface area contributed by atoms with Crippen LogP contribution >= 0.6 is 0 Å². The number of halogens is 1. The second-order valence-electron chi connectivity index (χ2n) is 2.78. The number of H-pyrrole nitrogens is 1. The Morgan fingerprint density at radius 1 is 1.38 bits per heavy atom. The van der Waals surface area contributed by atoms with Gasteiger partial charge in [0, 0.05) is 10.9 Å². The van der Waals surface area contributed by atoms with Gasteiger partial charge in [-0.1, -0.05) is 0 Å². The van der Waals surface area contributed by atoms with Crippen molar-refractivity contribution in [2.24, 2.45) is 5.73 Å². The summed E-state index contributed by atoms with van der Waals surface area (Å²) in [6.07, 6.45) is 0. The SMILES string of the molecule is NC(=O)c1cc2ccc(F)cc2[nH]1. The summed E-state index contributed by atoms with van der Waals surface area (Å²) < 4.78 is 12.7. The molecule has 13 heavy (non-hydrogen) atoms. The van der Waals surface area contributed by atoms with Gasteiger partial charge < -0.3 is 10.7 Å². The van der Waals surface area contributed by atoms with Crippen molar-refractivity contribution in [1.82, 2.24) is 4.98 Å². The number of rotatable bonds is 1. The van der Waals surface area contributed by atoms with Crippen molar-refractivity contribution in [3.63, 3.8) is 0 Å². The van der Waals surface area contributed by atoms with E-state index in [0.29, 0.717) is 11.2 Å². The molecule has 0 aliphatic heterocycles. The van der Waals surface area contributed by atoms with E-state index in [1.165, 1.54) is 12.1 Å². The predicted octanol–water partition coefficient (Wildman–Crippen LogP) is 1.41. The minimum atomic E-state index is -0.545. The molecule has 3 N–H and O–H groups in total. The zero-order chi connectivity index (χ0) is 9.42. The minimum Gasteiger partial charge on any atom is -0.364 e.